The maximum Gasteiger partial charge on any atom is 0.306 e. The number of hydrogen-bond acceptors (Lipinski definition) is 2. The van der Waals surface area contributed by atoms with Crippen LogP contribution in [0.4, 0.5) is 0 Å². The zero-order chi connectivity index (χ0) is 7.40. The Labute approximate surface area is 60.2 Å². The lowest BCUT2D eigenvalue weighted by molar-refractivity contribution is -0.139. The Morgan fingerprint density at radius 2 is 2.50 bits per heavy atom. The maximum absolute atomic E-state index is 10.5. The Kier molecular flexibility index (Phi) is 2.26. The summed E-state index contributed by atoms with van der Waals surface area (Å²) in [5.74, 6) is -0.0984. The second-order valence-corrected chi connectivity index (χ2v) is 2.19. The molecule has 0 radical (unpaired) electrons. The van der Waals surface area contributed by atoms with Gasteiger partial charge in [-0.15, -0.1) is 0 Å². The van der Waals surface area contributed by atoms with E-state index in [1.807, 2.05) is 6.08 Å². The fourth-order valence-corrected chi connectivity index (χ4v) is 0.885. The van der Waals surface area contributed by atoms with Crippen molar-refractivity contribution in [2.24, 2.45) is 0 Å². The topological polar surface area (TPSA) is 26.3 Å². The van der Waals surface area contributed by atoms with Crippen LogP contribution in [0.5, 0.6) is 0 Å². The van der Waals surface area contributed by atoms with Gasteiger partial charge < -0.3 is 4.74 Å². The van der Waals surface area contributed by atoms with Crippen molar-refractivity contribution < 1.29 is 9.53 Å². The number of cyclic esters (lactones) is 1. The molecule has 1 heterocycles. The van der Waals surface area contributed by atoms with Crippen molar-refractivity contribution in [3.05, 3.63) is 24.8 Å². The number of ether oxygens (including phenoxy) is 1. The van der Waals surface area contributed by atoms with Crippen molar-refractivity contribution >= 4 is 5.97 Å². The van der Waals surface area contributed by atoms with E-state index in [9.17, 15) is 4.79 Å². The number of rotatable bonds is 2. The lowest BCUT2D eigenvalue weighted by atomic mass is 10.2. The van der Waals surface area contributed by atoms with Gasteiger partial charge in [0.15, 0.2) is 0 Å². The SMILES string of the molecule is C=C/C=C/[C@@H]1CCC(=O)O1. The molecule has 0 aromatic rings. The Hall–Kier alpha value is -1.05. The highest BCUT2D eigenvalue weighted by Crippen LogP contribution is 2.14. The minimum Gasteiger partial charge on any atom is -0.458 e. The van der Waals surface area contributed by atoms with Crippen LogP contribution in [0, 0.1) is 0 Å². The summed E-state index contributed by atoms with van der Waals surface area (Å²) < 4.78 is 4.89. The third kappa shape index (κ3) is 1.72. The highest BCUT2D eigenvalue weighted by Gasteiger charge is 2.19. The van der Waals surface area contributed by atoms with Crippen molar-refractivity contribution in [1.82, 2.24) is 0 Å². The van der Waals surface area contributed by atoms with E-state index in [2.05, 4.69) is 6.58 Å². The third-order valence-corrected chi connectivity index (χ3v) is 1.38. The first-order valence-electron chi connectivity index (χ1n) is 3.31. The molecule has 1 aliphatic rings. The van der Waals surface area contributed by atoms with Gasteiger partial charge in [-0.25, -0.2) is 0 Å². The second-order valence-electron chi connectivity index (χ2n) is 2.19. The molecular formula is C8H10O2. The number of esters is 1. The molecule has 2 heteroatoms. The van der Waals surface area contributed by atoms with Crippen LogP contribution in [-0.2, 0) is 9.53 Å². The van der Waals surface area contributed by atoms with Crippen LogP contribution in [0.25, 0.3) is 0 Å². The van der Waals surface area contributed by atoms with Gasteiger partial charge in [0.1, 0.15) is 6.10 Å². The molecule has 0 amide bonds. The van der Waals surface area contributed by atoms with Crippen LogP contribution >= 0.6 is 0 Å². The molecule has 0 unspecified atom stereocenters. The van der Waals surface area contributed by atoms with E-state index in [0.717, 1.165) is 6.42 Å². The van der Waals surface area contributed by atoms with Crippen LogP contribution in [0.1, 0.15) is 12.8 Å². The average molecular weight is 138 g/mol. The van der Waals surface area contributed by atoms with Gasteiger partial charge in [-0.1, -0.05) is 18.7 Å². The molecule has 1 atom stereocenters. The van der Waals surface area contributed by atoms with Gasteiger partial charge in [-0.2, -0.15) is 0 Å². The predicted octanol–water partition coefficient (Wildman–Crippen LogP) is 1.43. The van der Waals surface area contributed by atoms with E-state index in [0.29, 0.717) is 6.42 Å². The van der Waals surface area contributed by atoms with E-state index < -0.39 is 0 Å². The van der Waals surface area contributed by atoms with Gasteiger partial charge in [0.05, 0.1) is 0 Å². The maximum atomic E-state index is 10.5. The smallest absolute Gasteiger partial charge is 0.306 e. The van der Waals surface area contributed by atoms with Gasteiger partial charge >= 0.3 is 5.97 Å². The summed E-state index contributed by atoms with van der Waals surface area (Å²) in [7, 11) is 0. The van der Waals surface area contributed by atoms with Crippen LogP contribution < -0.4 is 0 Å². The van der Waals surface area contributed by atoms with E-state index in [4.69, 9.17) is 4.74 Å². The van der Waals surface area contributed by atoms with Crippen molar-refractivity contribution in [3.63, 3.8) is 0 Å². The molecule has 0 spiro atoms. The Balaban J connectivity index is 2.37. The largest absolute Gasteiger partial charge is 0.458 e. The highest BCUT2D eigenvalue weighted by atomic mass is 16.5. The normalized spacial score (nSPS) is 25.2. The molecule has 0 bridgehead atoms. The molecule has 0 aromatic heterocycles. The third-order valence-electron chi connectivity index (χ3n) is 1.38. The summed E-state index contributed by atoms with van der Waals surface area (Å²) in [6.45, 7) is 3.51. The van der Waals surface area contributed by atoms with Gasteiger partial charge in [-0.3, -0.25) is 4.79 Å². The fourth-order valence-electron chi connectivity index (χ4n) is 0.885. The molecule has 1 rings (SSSR count). The van der Waals surface area contributed by atoms with Crippen molar-refractivity contribution in [1.29, 1.82) is 0 Å². The van der Waals surface area contributed by atoms with E-state index in [-0.39, 0.29) is 12.1 Å². The molecule has 1 saturated heterocycles. The molecule has 1 aliphatic heterocycles. The van der Waals surface area contributed by atoms with Crippen LogP contribution in [-0.4, -0.2) is 12.1 Å². The van der Waals surface area contributed by atoms with Gasteiger partial charge in [0.25, 0.3) is 0 Å². The molecule has 0 N–H and O–H groups in total. The Morgan fingerprint density at radius 3 is 3.00 bits per heavy atom. The Morgan fingerprint density at radius 1 is 1.70 bits per heavy atom. The first-order valence-corrected chi connectivity index (χ1v) is 3.31. The highest BCUT2D eigenvalue weighted by molar-refractivity contribution is 5.71. The van der Waals surface area contributed by atoms with Crippen LogP contribution in [0.15, 0.2) is 24.8 Å². The summed E-state index contributed by atoms with van der Waals surface area (Å²) in [6, 6.07) is 0. The average Bonchev–Trinajstić information content (AvgIpc) is 2.31. The minimum atomic E-state index is -0.0984. The summed E-state index contributed by atoms with van der Waals surface area (Å²) in [5.41, 5.74) is 0. The van der Waals surface area contributed by atoms with Crippen molar-refractivity contribution in [2.75, 3.05) is 0 Å². The lowest BCUT2D eigenvalue weighted by Gasteiger charge is -1.99. The molecule has 2 nitrogen and oxygen atoms in total. The van der Waals surface area contributed by atoms with E-state index in [1.54, 1.807) is 12.2 Å². The lowest BCUT2D eigenvalue weighted by Crippen LogP contribution is -2.01. The van der Waals surface area contributed by atoms with Gasteiger partial charge in [-0.05, 0) is 12.5 Å². The minimum absolute atomic E-state index is 0.00880. The number of carbonyl (C=O) groups excluding carboxylic acids is 1. The Bertz CT molecular complexity index is 170. The van der Waals surface area contributed by atoms with Crippen LogP contribution in [0.2, 0.25) is 0 Å². The summed E-state index contributed by atoms with van der Waals surface area (Å²) in [5, 5.41) is 0. The number of allylic oxidation sites excluding steroid dienone is 2. The van der Waals surface area contributed by atoms with Gasteiger partial charge in [0, 0.05) is 6.42 Å². The van der Waals surface area contributed by atoms with E-state index >= 15 is 0 Å². The molecule has 10 heavy (non-hydrogen) atoms. The number of hydrogen-bond donors (Lipinski definition) is 0. The molecule has 1 fully saturated rings. The monoisotopic (exact) mass is 138 g/mol. The van der Waals surface area contributed by atoms with Crippen molar-refractivity contribution in [3.8, 4) is 0 Å². The van der Waals surface area contributed by atoms with Crippen LogP contribution in [0.3, 0.4) is 0 Å². The molecule has 0 saturated carbocycles. The first-order chi connectivity index (χ1) is 4.83. The zero-order valence-corrected chi connectivity index (χ0v) is 5.75. The second kappa shape index (κ2) is 3.20. The standard InChI is InChI=1S/C8H10O2/c1-2-3-4-7-5-6-8(9)10-7/h2-4,7H,1,5-6H2/b4-3+/t7-/m1/s1. The van der Waals surface area contributed by atoms with Gasteiger partial charge in [0.2, 0.25) is 0 Å². The predicted molar refractivity (Wildman–Crippen MR) is 38.5 cm³/mol. The van der Waals surface area contributed by atoms with Crippen molar-refractivity contribution in [2.45, 2.75) is 18.9 Å². The summed E-state index contributed by atoms with van der Waals surface area (Å²) >= 11 is 0. The summed E-state index contributed by atoms with van der Waals surface area (Å²) in [4.78, 5) is 10.5. The van der Waals surface area contributed by atoms with E-state index in [1.165, 1.54) is 0 Å². The first kappa shape index (κ1) is 7.06. The zero-order valence-electron chi connectivity index (χ0n) is 5.75. The molecule has 54 valence electrons. The quantitative estimate of drug-likeness (QED) is 0.426. The molecule has 0 aromatic carbocycles. The summed E-state index contributed by atoms with van der Waals surface area (Å²) in [6.07, 6.45) is 6.66. The fraction of sp³-hybridized carbons (Fsp3) is 0.375. The molecular weight excluding hydrogens is 128 g/mol. The number of carbonyl (C=O) groups is 1. The molecule has 0 aliphatic carbocycles.